The molecular formula is C17H13N5O3S. The molecule has 4 aromatic rings. The van der Waals surface area contributed by atoms with Gasteiger partial charge in [-0.15, -0.1) is 11.3 Å². The smallest absolute Gasteiger partial charge is 0.345 e. The van der Waals surface area contributed by atoms with Gasteiger partial charge in [0.25, 0.3) is 5.91 Å². The van der Waals surface area contributed by atoms with Gasteiger partial charge < -0.3 is 10.4 Å². The van der Waals surface area contributed by atoms with Gasteiger partial charge in [-0.05, 0) is 29.8 Å². The largest absolute Gasteiger partial charge is 0.477 e. The van der Waals surface area contributed by atoms with Gasteiger partial charge in [-0.1, -0.05) is 12.1 Å². The number of benzene rings is 1. The van der Waals surface area contributed by atoms with Crippen LogP contribution in [0.5, 0.6) is 0 Å². The highest BCUT2D eigenvalue weighted by Gasteiger charge is 2.16. The van der Waals surface area contributed by atoms with Crippen molar-refractivity contribution in [3.05, 3.63) is 64.8 Å². The first-order valence-corrected chi connectivity index (χ1v) is 8.51. The molecule has 9 heteroatoms. The summed E-state index contributed by atoms with van der Waals surface area (Å²) in [4.78, 5) is 24.3. The zero-order chi connectivity index (χ0) is 18.1. The van der Waals surface area contributed by atoms with E-state index in [2.05, 4.69) is 20.6 Å². The Morgan fingerprint density at radius 3 is 2.77 bits per heavy atom. The molecule has 0 aliphatic heterocycles. The number of hydrogen-bond acceptors (Lipinski definition) is 5. The maximum Gasteiger partial charge on any atom is 0.345 e. The van der Waals surface area contributed by atoms with Crippen LogP contribution in [0.15, 0.2) is 48.8 Å². The molecule has 130 valence electrons. The monoisotopic (exact) mass is 367 g/mol. The van der Waals surface area contributed by atoms with Crippen LogP contribution in [0.3, 0.4) is 0 Å². The van der Waals surface area contributed by atoms with E-state index in [1.165, 1.54) is 6.07 Å². The van der Waals surface area contributed by atoms with Crippen molar-refractivity contribution in [1.29, 1.82) is 0 Å². The summed E-state index contributed by atoms with van der Waals surface area (Å²) in [5, 5.41) is 23.3. The SMILES string of the molecule is O=C(Nc1n[nH]c2sc(C(=O)O)cc12)c1ccc(Cn2cccn2)cc1. The normalized spacial score (nSPS) is 10.9. The zero-order valence-corrected chi connectivity index (χ0v) is 14.2. The number of amides is 1. The molecule has 3 aromatic heterocycles. The van der Waals surface area contributed by atoms with Gasteiger partial charge in [-0.3, -0.25) is 14.6 Å². The molecule has 3 heterocycles. The van der Waals surface area contributed by atoms with E-state index in [0.717, 1.165) is 16.9 Å². The van der Waals surface area contributed by atoms with Gasteiger partial charge in [-0.25, -0.2) is 4.79 Å². The number of thiophene rings is 1. The second kappa shape index (κ2) is 6.45. The predicted molar refractivity (Wildman–Crippen MR) is 96.7 cm³/mol. The molecule has 0 atom stereocenters. The number of aromatic amines is 1. The standard InChI is InChI=1S/C17H13N5O3S/c23-15(11-4-2-10(3-5-11)9-22-7-1-6-18-22)19-14-12-8-13(17(24)25)26-16(12)21-20-14/h1-8H,9H2,(H,24,25)(H2,19,20,21,23). The Balaban J connectivity index is 1.50. The number of anilines is 1. The van der Waals surface area contributed by atoms with Crippen LogP contribution in [0.25, 0.3) is 10.2 Å². The van der Waals surface area contributed by atoms with Crippen molar-refractivity contribution in [3.8, 4) is 0 Å². The van der Waals surface area contributed by atoms with Gasteiger partial charge in [0.15, 0.2) is 5.82 Å². The lowest BCUT2D eigenvalue weighted by Gasteiger charge is -2.05. The predicted octanol–water partition coefficient (Wildman–Crippen LogP) is 2.82. The highest BCUT2D eigenvalue weighted by molar-refractivity contribution is 7.20. The molecule has 0 spiro atoms. The lowest BCUT2D eigenvalue weighted by atomic mass is 10.1. The first kappa shape index (κ1) is 16.0. The zero-order valence-electron chi connectivity index (χ0n) is 13.3. The summed E-state index contributed by atoms with van der Waals surface area (Å²) < 4.78 is 1.80. The number of fused-ring (bicyclic) bond motifs is 1. The van der Waals surface area contributed by atoms with Crippen LogP contribution in [0.4, 0.5) is 5.82 Å². The van der Waals surface area contributed by atoms with Crippen molar-refractivity contribution in [2.75, 3.05) is 5.32 Å². The van der Waals surface area contributed by atoms with Crippen molar-refractivity contribution in [1.82, 2.24) is 20.0 Å². The van der Waals surface area contributed by atoms with Crippen LogP contribution < -0.4 is 5.32 Å². The second-order valence-corrected chi connectivity index (χ2v) is 6.64. The van der Waals surface area contributed by atoms with Crippen molar-refractivity contribution in [2.45, 2.75) is 6.54 Å². The van der Waals surface area contributed by atoms with E-state index in [1.54, 1.807) is 23.0 Å². The van der Waals surface area contributed by atoms with E-state index < -0.39 is 5.97 Å². The van der Waals surface area contributed by atoms with Crippen LogP contribution in [-0.2, 0) is 6.54 Å². The van der Waals surface area contributed by atoms with Crippen molar-refractivity contribution in [2.24, 2.45) is 0 Å². The lowest BCUT2D eigenvalue weighted by Crippen LogP contribution is -2.12. The topological polar surface area (TPSA) is 113 Å². The Morgan fingerprint density at radius 2 is 2.08 bits per heavy atom. The minimum Gasteiger partial charge on any atom is -0.477 e. The Bertz CT molecular complexity index is 1080. The molecule has 8 nitrogen and oxygen atoms in total. The van der Waals surface area contributed by atoms with Crippen molar-refractivity contribution in [3.63, 3.8) is 0 Å². The average Bonchev–Trinajstić information content (AvgIpc) is 3.34. The van der Waals surface area contributed by atoms with Gasteiger partial charge in [0, 0.05) is 18.0 Å². The summed E-state index contributed by atoms with van der Waals surface area (Å²) >= 11 is 1.08. The van der Waals surface area contributed by atoms with Crippen LogP contribution in [0.1, 0.15) is 25.6 Å². The summed E-state index contributed by atoms with van der Waals surface area (Å²) in [5.41, 5.74) is 1.51. The number of carboxylic acids is 1. The number of carbonyl (C=O) groups is 2. The number of hydrogen-bond donors (Lipinski definition) is 3. The number of carboxylic acid groups (broad SMARTS) is 1. The number of aromatic nitrogens is 4. The quantitative estimate of drug-likeness (QED) is 0.502. The first-order chi connectivity index (χ1) is 12.6. The Morgan fingerprint density at radius 1 is 1.27 bits per heavy atom. The van der Waals surface area contributed by atoms with E-state index in [0.29, 0.717) is 28.1 Å². The number of carbonyl (C=O) groups excluding carboxylic acids is 1. The maximum atomic E-state index is 12.4. The first-order valence-electron chi connectivity index (χ1n) is 7.69. The molecule has 26 heavy (non-hydrogen) atoms. The molecule has 0 unspecified atom stereocenters. The van der Waals surface area contributed by atoms with Gasteiger partial charge in [0.05, 0.1) is 11.9 Å². The minimum atomic E-state index is -1.01. The number of aromatic carboxylic acids is 1. The van der Waals surface area contributed by atoms with E-state index >= 15 is 0 Å². The molecule has 3 N–H and O–H groups in total. The molecule has 0 radical (unpaired) electrons. The van der Waals surface area contributed by atoms with E-state index in [9.17, 15) is 9.59 Å². The summed E-state index contributed by atoms with van der Waals surface area (Å²) in [6.45, 7) is 0.627. The van der Waals surface area contributed by atoms with E-state index in [1.807, 2.05) is 24.4 Å². The fourth-order valence-electron chi connectivity index (χ4n) is 2.54. The molecule has 0 aliphatic rings. The maximum absolute atomic E-state index is 12.4. The molecule has 0 fully saturated rings. The summed E-state index contributed by atoms with van der Waals surface area (Å²) in [5.74, 6) is -1.01. The average molecular weight is 367 g/mol. The van der Waals surface area contributed by atoms with Crippen LogP contribution in [0, 0.1) is 0 Å². The molecule has 4 rings (SSSR count). The van der Waals surface area contributed by atoms with Gasteiger partial charge in [0.2, 0.25) is 0 Å². The highest BCUT2D eigenvalue weighted by Crippen LogP contribution is 2.29. The number of nitrogens with one attached hydrogen (secondary N) is 2. The highest BCUT2D eigenvalue weighted by atomic mass is 32.1. The van der Waals surface area contributed by atoms with E-state index in [4.69, 9.17) is 5.11 Å². The van der Waals surface area contributed by atoms with Crippen LogP contribution >= 0.6 is 11.3 Å². The Labute approximate surface area is 151 Å². The fraction of sp³-hybridized carbons (Fsp3) is 0.0588. The number of nitrogens with zero attached hydrogens (tertiary/aromatic N) is 3. The number of H-pyrrole nitrogens is 1. The Kier molecular flexibility index (Phi) is 3.98. The van der Waals surface area contributed by atoms with Crippen molar-refractivity contribution < 1.29 is 14.7 Å². The third-order valence-corrected chi connectivity index (χ3v) is 4.85. The molecule has 0 bridgehead atoms. The summed E-state index contributed by atoms with van der Waals surface area (Å²) in [6.07, 6.45) is 3.59. The lowest BCUT2D eigenvalue weighted by molar-refractivity contribution is 0.0702. The van der Waals surface area contributed by atoms with E-state index in [-0.39, 0.29) is 10.8 Å². The molecular weight excluding hydrogens is 354 g/mol. The van der Waals surface area contributed by atoms with Crippen LogP contribution in [-0.4, -0.2) is 37.0 Å². The van der Waals surface area contributed by atoms with Crippen LogP contribution in [0.2, 0.25) is 0 Å². The Hall–Kier alpha value is -3.46. The summed E-state index contributed by atoms with van der Waals surface area (Å²) in [6, 6.07) is 10.5. The van der Waals surface area contributed by atoms with Gasteiger partial charge >= 0.3 is 5.97 Å². The fourth-order valence-corrected chi connectivity index (χ4v) is 3.38. The number of rotatable bonds is 5. The third kappa shape index (κ3) is 3.07. The molecule has 0 aliphatic carbocycles. The van der Waals surface area contributed by atoms with Gasteiger partial charge in [0.1, 0.15) is 9.71 Å². The summed E-state index contributed by atoms with van der Waals surface area (Å²) in [7, 11) is 0. The molecule has 0 saturated heterocycles. The molecule has 1 amide bonds. The molecule has 1 aromatic carbocycles. The molecule has 0 saturated carbocycles. The second-order valence-electron chi connectivity index (χ2n) is 5.59. The minimum absolute atomic E-state index is 0.187. The third-order valence-electron chi connectivity index (χ3n) is 3.82. The van der Waals surface area contributed by atoms with Crippen molar-refractivity contribution >= 4 is 39.2 Å². The van der Waals surface area contributed by atoms with Gasteiger partial charge in [-0.2, -0.15) is 10.2 Å².